The number of thiophene rings is 1. The molecule has 0 saturated carbocycles. The molecule has 2 N–H and O–H groups in total. The summed E-state index contributed by atoms with van der Waals surface area (Å²) in [7, 11) is 0. The molecule has 0 unspecified atom stereocenters. The molecule has 1 saturated heterocycles. The Morgan fingerprint density at radius 2 is 1.81 bits per heavy atom. The van der Waals surface area contributed by atoms with Crippen LogP contribution in [-0.2, 0) is 4.79 Å². The van der Waals surface area contributed by atoms with Gasteiger partial charge in [-0.05, 0) is 42.4 Å². The van der Waals surface area contributed by atoms with Crippen LogP contribution in [0.2, 0.25) is 0 Å². The van der Waals surface area contributed by atoms with Crippen LogP contribution in [0.4, 0.5) is 0 Å². The smallest absolute Gasteiger partial charge is 0.264 e. The lowest BCUT2D eigenvalue weighted by atomic mass is 10.1. The summed E-state index contributed by atoms with van der Waals surface area (Å²) in [5.74, 6) is 0.961. The van der Waals surface area contributed by atoms with Gasteiger partial charge >= 0.3 is 0 Å². The van der Waals surface area contributed by atoms with E-state index in [9.17, 15) is 9.59 Å². The number of rotatable bonds is 5. The molecule has 27 heavy (non-hydrogen) atoms. The second kappa shape index (κ2) is 9.78. The molecule has 2 aromatic rings. The zero-order valence-corrected chi connectivity index (χ0v) is 18.1. The van der Waals surface area contributed by atoms with Gasteiger partial charge in [-0.3, -0.25) is 9.59 Å². The van der Waals surface area contributed by atoms with Gasteiger partial charge in [0.2, 0.25) is 5.91 Å². The molecular weight excluding hydrogens is 402 g/mol. The van der Waals surface area contributed by atoms with Crippen molar-refractivity contribution in [2.45, 2.75) is 19.4 Å². The topological polar surface area (TPSA) is 66.6 Å². The number of benzene rings is 1. The van der Waals surface area contributed by atoms with Crippen molar-refractivity contribution in [3.05, 3.63) is 34.7 Å². The maximum absolute atomic E-state index is 12.9. The average Bonchev–Trinajstić information content (AvgIpc) is 3.02. The number of nitrogens with zero attached hydrogens (tertiary/aromatic N) is 2. The minimum Gasteiger partial charge on any atom is -0.338 e. The van der Waals surface area contributed by atoms with Gasteiger partial charge in [0.25, 0.3) is 5.91 Å². The van der Waals surface area contributed by atoms with E-state index < -0.39 is 6.04 Å². The van der Waals surface area contributed by atoms with E-state index in [1.165, 1.54) is 0 Å². The van der Waals surface area contributed by atoms with Crippen LogP contribution >= 0.6 is 35.5 Å². The number of hydrogen-bond acceptors (Lipinski definition) is 5. The van der Waals surface area contributed by atoms with E-state index in [-0.39, 0.29) is 24.2 Å². The number of nitrogens with two attached hydrogens (primary N) is 1. The zero-order chi connectivity index (χ0) is 18.7. The van der Waals surface area contributed by atoms with E-state index in [4.69, 9.17) is 5.73 Å². The number of carbonyl (C=O) groups is 2. The summed E-state index contributed by atoms with van der Waals surface area (Å²) < 4.78 is 1.14. The van der Waals surface area contributed by atoms with Crippen LogP contribution < -0.4 is 5.73 Å². The molecule has 148 valence electrons. The van der Waals surface area contributed by atoms with E-state index in [0.29, 0.717) is 32.6 Å². The first-order valence-corrected chi connectivity index (χ1v) is 11.0. The van der Waals surface area contributed by atoms with Gasteiger partial charge in [0.1, 0.15) is 0 Å². The molecule has 0 aliphatic carbocycles. The highest BCUT2D eigenvalue weighted by Crippen LogP contribution is 2.31. The van der Waals surface area contributed by atoms with E-state index >= 15 is 0 Å². The fourth-order valence-electron chi connectivity index (χ4n) is 3.25. The minimum atomic E-state index is -0.436. The summed E-state index contributed by atoms with van der Waals surface area (Å²) >= 11 is 3.25. The Morgan fingerprint density at radius 1 is 1.19 bits per heavy atom. The van der Waals surface area contributed by atoms with Gasteiger partial charge in [-0.25, -0.2) is 0 Å². The maximum atomic E-state index is 12.9. The number of aryl methyl sites for hydroxylation is 1. The molecule has 8 heteroatoms. The Hall–Kier alpha value is -1.28. The Labute approximate surface area is 174 Å². The van der Waals surface area contributed by atoms with Crippen molar-refractivity contribution >= 4 is 57.4 Å². The molecule has 0 bridgehead atoms. The van der Waals surface area contributed by atoms with Crippen molar-refractivity contribution in [3.8, 4) is 0 Å². The molecule has 1 fully saturated rings. The third-order valence-corrected chi connectivity index (χ3v) is 6.77. The lowest BCUT2D eigenvalue weighted by molar-refractivity contribution is -0.134. The van der Waals surface area contributed by atoms with Gasteiger partial charge in [0.15, 0.2) is 0 Å². The predicted molar refractivity (Wildman–Crippen MR) is 117 cm³/mol. The molecule has 0 spiro atoms. The molecule has 2 amide bonds. The average molecular weight is 428 g/mol. The van der Waals surface area contributed by atoms with Crippen molar-refractivity contribution in [3.63, 3.8) is 0 Å². The van der Waals surface area contributed by atoms with Gasteiger partial charge < -0.3 is 15.5 Å². The van der Waals surface area contributed by atoms with E-state index in [1.807, 2.05) is 30.2 Å². The monoisotopic (exact) mass is 427 g/mol. The van der Waals surface area contributed by atoms with Crippen molar-refractivity contribution in [1.82, 2.24) is 9.80 Å². The minimum absolute atomic E-state index is 0. The van der Waals surface area contributed by atoms with E-state index in [1.54, 1.807) is 28.0 Å². The van der Waals surface area contributed by atoms with Crippen molar-refractivity contribution in [2.75, 3.05) is 38.2 Å². The second-order valence-electron chi connectivity index (χ2n) is 6.56. The number of piperazine rings is 1. The molecule has 1 atom stereocenters. The first-order valence-electron chi connectivity index (χ1n) is 8.83. The molecule has 1 aromatic heterocycles. The summed E-state index contributed by atoms with van der Waals surface area (Å²) in [5, 5.41) is 1.15. The van der Waals surface area contributed by atoms with Crippen LogP contribution in [0.5, 0.6) is 0 Å². The summed E-state index contributed by atoms with van der Waals surface area (Å²) in [6, 6.07) is 7.67. The first-order chi connectivity index (χ1) is 12.5. The molecule has 3 rings (SSSR count). The van der Waals surface area contributed by atoms with Crippen LogP contribution in [0.25, 0.3) is 10.1 Å². The van der Waals surface area contributed by atoms with E-state index in [0.717, 1.165) is 26.3 Å². The fraction of sp³-hybridized carbons (Fsp3) is 0.474. The van der Waals surface area contributed by atoms with Crippen LogP contribution in [0, 0.1) is 6.92 Å². The molecule has 1 aliphatic rings. The third-order valence-electron chi connectivity index (χ3n) is 4.87. The summed E-state index contributed by atoms with van der Waals surface area (Å²) in [6.07, 6.45) is 2.71. The molecular formula is C19H26ClN3O2S2. The first kappa shape index (κ1) is 22.0. The largest absolute Gasteiger partial charge is 0.338 e. The standard InChI is InChI=1S/C19H25N3O2S2.ClH/c1-13-14-5-3-4-6-16(14)26-17(13)19(24)22-10-8-21(9-11-22)18(23)15(20)7-12-25-2;/h3-6,15H,7-12,20H2,1-2H3;1H/t15-;/m0./s1. The fourth-order valence-corrected chi connectivity index (χ4v) is 4.92. The highest BCUT2D eigenvalue weighted by atomic mass is 35.5. The van der Waals surface area contributed by atoms with Gasteiger partial charge in [-0.15, -0.1) is 23.7 Å². The number of thioether (sulfide) groups is 1. The van der Waals surface area contributed by atoms with Crippen LogP contribution in [0.3, 0.4) is 0 Å². The van der Waals surface area contributed by atoms with Crippen LogP contribution in [0.1, 0.15) is 21.7 Å². The predicted octanol–water partition coefficient (Wildman–Crippen LogP) is 3.00. The lowest BCUT2D eigenvalue weighted by Crippen LogP contribution is -2.54. The van der Waals surface area contributed by atoms with Gasteiger partial charge in [-0.2, -0.15) is 11.8 Å². The molecule has 2 heterocycles. The normalized spacial score (nSPS) is 15.5. The van der Waals surface area contributed by atoms with Crippen molar-refractivity contribution < 1.29 is 9.59 Å². The summed E-state index contributed by atoms with van der Waals surface area (Å²) in [4.78, 5) is 29.8. The summed E-state index contributed by atoms with van der Waals surface area (Å²) in [6.45, 7) is 4.25. The Bertz CT molecular complexity index is 803. The summed E-state index contributed by atoms with van der Waals surface area (Å²) in [5.41, 5.74) is 7.05. The highest BCUT2D eigenvalue weighted by Gasteiger charge is 2.28. The Morgan fingerprint density at radius 3 is 2.44 bits per heavy atom. The maximum Gasteiger partial charge on any atom is 0.264 e. The SMILES string of the molecule is CSCC[C@H](N)C(=O)N1CCN(C(=O)c2sc3ccccc3c2C)CC1.Cl. The van der Waals surface area contributed by atoms with E-state index in [2.05, 4.69) is 12.1 Å². The van der Waals surface area contributed by atoms with Gasteiger partial charge in [-0.1, -0.05) is 18.2 Å². The lowest BCUT2D eigenvalue weighted by Gasteiger charge is -2.35. The van der Waals surface area contributed by atoms with Crippen LogP contribution in [-0.4, -0.2) is 65.8 Å². The van der Waals surface area contributed by atoms with Gasteiger partial charge in [0, 0.05) is 30.9 Å². The molecule has 0 radical (unpaired) electrons. The zero-order valence-electron chi connectivity index (χ0n) is 15.6. The Kier molecular flexibility index (Phi) is 7.97. The van der Waals surface area contributed by atoms with Crippen molar-refractivity contribution in [1.29, 1.82) is 0 Å². The molecule has 1 aromatic carbocycles. The third kappa shape index (κ3) is 4.77. The Balaban J connectivity index is 0.00000261. The van der Waals surface area contributed by atoms with Crippen LogP contribution in [0.15, 0.2) is 24.3 Å². The number of amides is 2. The number of halogens is 1. The second-order valence-corrected chi connectivity index (χ2v) is 8.60. The van der Waals surface area contributed by atoms with Crippen molar-refractivity contribution in [2.24, 2.45) is 5.73 Å². The number of fused-ring (bicyclic) bond motifs is 1. The number of hydrogen-bond donors (Lipinski definition) is 1. The molecule has 1 aliphatic heterocycles. The highest BCUT2D eigenvalue weighted by molar-refractivity contribution is 7.98. The van der Waals surface area contributed by atoms with Gasteiger partial charge in [0.05, 0.1) is 10.9 Å². The molecule has 5 nitrogen and oxygen atoms in total. The quantitative estimate of drug-likeness (QED) is 0.796. The number of carbonyl (C=O) groups excluding carboxylic acids is 2.